The van der Waals surface area contributed by atoms with Crippen LogP contribution in [0.15, 0.2) is 0 Å². The molecule has 1 N–H and O–H groups in total. The second kappa shape index (κ2) is 6.37. The largest absolute Gasteiger partial charge is 0.409 e. The lowest BCUT2D eigenvalue weighted by atomic mass is 10.4. The summed E-state index contributed by atoms with van der Waals surface area (Å²) >= 11 is 0. The van der Waals surface area contributed by atoms with Crippen LogP contribution in [0.25, 0.3) is 0 Å². The van der Waals surface area contributed by atoms with Crippen LogP contribution in [-0.2, 0) is 14.2 Å². The van der Waals surface area contributed by atoms with Gasteiger partial charge in [0.05, 0.1) is 13.2 Å². The molecule has 0 saturated heterocycles. The van der Waals surface area contributed by atoms with Crippen LogP contribution in [0.5, 0.6) is 0 Å². The third kappa shape index (κ3) is 4.66. The molecule has 73 valence electrons. The maximum Gasteiger partial charge on any atom is 0.409 e. The van der Waals surface area contributed by atoms with Crippen molar-refractivity contribution in [2.75, 3.05) is 20.3 Å². The Bertz CT molecular complexity index is 107. The summed E-state index contributed by atoms with van der Waals surface area (Å²) in [5.41, 5.74) is 0. The number of methoxy groups -OCH3 is 1. The van der Waals surface area contributed by atoms with Crippen molar-refractivity contribution in [1.29, 1.82) is 0 Å². The predicted octanol–water partition coefficient (Wildman–Crippen LogP) is 0.904. The predicted molar refractivity (Wildman–Crippen MR) is 44.1 cm³/mol. The van der Waals surface area contributed by atoms with Crippen LogP contribution in [0.2, 0.25) is 0 Å². The fourth-order valence-electron chi connectivity index (χ4n) is 0.634. The van der Waals surface area contributed by atoms with Crippen LogP contribution < -0.4 is 0 Å². The minimum absolute atomic E-state index is 0.0937. The number of rotatable bonds is 7. The molecule has 12 heavy (non-hydrogen) atoms. The molecule has 1 atom stereocenters. The van der Waals surface area contributed by atoms with Crippen molar-refractivity contribution in [3.8, 4) is 0 Å². The van der Waals surface area contributed by atoms with Gasteiger partial charge in [-0.3, -0.25) is 0 Å². The Balaban J connectivity index is 3.63. The maximum atomic E-state index is 9.34. The van der Waals surface area contributed by atoms with Crippen molar-refractivity contribution < 1.29 is 19.3 Å². The number of hydrogen-bond acceptors (Lipinski definition) is 4. The van der Waals surface area contributed by atoms with Crippen molar-refractivity contribution in [1.82, 2.24) is 0 Å². The van der Waals surface area contributed by atoms with Crippen LogP contribution in [-0.4, -0.2) is 31.6 Å². The second-order valence-corrected chi connectivity index (χ2v) is 2.28. The molecule has 0 aromatic heterocycles. The van der Waals surface area contributed by atoms with Crippen LogP contribution in [0, 0.1) is 6.92 Å². The first-order chi connectivity index (χ1) is 5.68. The van der Waals surface area contributed by atoms with Gasteiger partial charge in [0.15, 0.2) is 0 Å². The highest BCUT2D eigenvalue weighted by atomic mass is 17.0. The Morgan fingerprint density at radius 2 is 2.08 bits per heavy atom. The summed E-state index contributed by atoms with van der Waals surface area (Å²) in [6.45, 7) is 5.93. The molecular weight excluding hydrogens is 160 g/mol. The van der Waals surface area contributed by atoms with Crippen molar-refractivity contribution in [2.45, 2.75) is 25.9 Å². The lowest BCUT2D eigenvalue weighted by molar-refractivity contribution is -0.476. The molecule has 0 fully saturated rings. The topological polar surface area (TPSA) is 47.9 Å². The fraction of sp³-hybridized carbons (Fsp3) is 0.875. The van der Waals surface area contributed by atoms with Crippen LogP contribution >= 0.6 is 0 Å². The van der Waals surface area contributed by atoms with Gasteiger partial charge >= 0.3 is 6.16 Å². The zero-order valence-corrected chi connectivity index (χ0v) is 7.71. The molecule has 0 aromatic rings. The Morgan fingerprint density at radius 1 is 1.42 bits per heavy atom. The minimum Gasteiger partial charge on any atom is -0.319 e. The molecule has 0 aliphatic carbocycles. The maximum absolute atomic E-state index is 9.34. The van der Waals surface area contributed by atoms with E-state index in [9.17, 15) is 5.11 Å². The normalized spacial score (nSPS) is 16.0. The van der Waals surface area contributed by atoms with E-state index in [1.165, 1.54) is 7.11 Å². The lowest BCUT2D eigenvalue weighted by Gasteiger charge is -2.24. The molecule has 0 aromatic carbocycles. The fourth-order valence-corrected chi connectivity index (χ4v) is 0.634. The first kappa shape index (κ1) is 11.8. The summed E-state index contributed by atoms with van der Waals surface area (Å²) in [6, 6.07) is 0. The smallest absolute Gasteiger partial charge is 0.319 e. The summed E-state index contributed by atoms with van der Waals surface area (Å²) in [4.78, 5) is 0. The van der Waals surface area contributed by atoms with Gasteiger partial charge in [-0.05, 0) is 13.3 Å². The molecule has 0 saturated carbocycles. The first-order valence-electron chi connectivity index (χ1n) is 4.03. The van der Waals surface area contributed by atoms with Gasteiger partial charge in [-0.25, -0.2) is 0 Å². The van der Waals surface area contributed by atoms with Gasteiger partial charge in [-0.15, -0.1) is 0 Å². The van der Waals surface area contributed by atoms with Gasteiger partial charge in [0.25, 0.3) is 0 Å². The van der Waals surface area contributed by atoms with Crippen molar-refractivity contribution in [3.63, 3.8) is 0 Å². The Kier molecular flexibility index (Phi) is 6.28. The van der Waals surface area contributed by atoms with Crippen molar-refractivity contribution in [3.05, 3.63) is 6.92 Å². The van der Waals surface area contributed by atoms with E-state index < -0.39 is 6.16 Å². The quantitative estimate of drug-likeness (QED) is 0.463. The molecule has 4 heteroatoms. The standard InChI is InChI=1S/C8H17O4/c1-4-6-7-12-8(9,10-3)11-5-2/h9H,2,4-7H2,1,3H3. The third-order valence-corrected chi connectivity index (χ3v) is 1.32. The minimum atomic E-state index is -1.92. The van der Waals surface area contributed by atoms with E-state index in [0.717, 1.165) is 12.8 Å². The second-order valence-electron chi connectivity index (χ2n) is 2.28. The van der Waals surface area contributed by atoms with Gasteiger partial charge in [0.1, 0.15) is 0 Å². The van der Waals surface area contributed by atoms with E-state index in [4.69, 9.17) is 9.47 Å². The monoisotopic (exact) mass is 177 g/mol. The molecule has 1 radical (unpaired) electrons. The van der Waals surface area contributed by atoms with E-state index in [0.29, 0.717) is 6.61 Å². The third-order valence-electron chi connectivity index (χ3n) is 1.32. The van der Waals surface area contributed by atoms with E-state index in [-0.39, 0.29) is 6.61 Å². The number of unbranched alkanes of at least 4 members (excludes halogenated alkanes) is 1. The van der Waals surface area contributed by atoms with Crippen LogP contribution in [0.4, 0.5) is 0 Å². The number of aliphatic hydroxyl groups is 1. The lowest BCUT2D eigenvalue weighted by Crippen LogP contribution is -2.38. The molecule has 4 nitrogen and oxygen atoms in total. The molecule has 0 rings (SSSR count). The molecule has 0 bridgehead atoms. The summed E-state index contributed by atoms with van der Waals surface area (Å²) in [5, 5.41) is 9.34. The van der Waals surface area contributed by atoms with E-state index in [1.54, 1.807) is 0 Å². The van der Waals surface area contributed by atoms with E-state index in [1.807, 2.05) is 6.92 Å². The van der Waals surface area contributed by atoms with E-state index in [2.05, 4.69) is 11.7 Å². The van der Waals surface area contributed by atoms with Crippen LogP contribution in [0.1, 0.15) is 19.8 Å². The number of hydrogen-bond donors (Lipinski definition) is 1. The summed E-state index contributed by atoms with van der Waals surface area (Å²) in [6.07, 6.45) is -0.0761. The van der Waals surface area contributed by atoms with Crippen molar-refractivity contribution in [2.24, 2.45) is 0 Å². The Morgan fingerprint density at radius 3 is 2.50 bits per heavy atom. The highest BCUT2D eigenvalue weighted by Gasteiger charge is 2.28. The molecule has 0 aliphatic heterocycles. The van der Waals surface area contributed by atoms with Crippen LogP contribution in [0.3, 0.4) is 0 Å². The molecule has 1 unspecified atom stereocenters. The average Bonchev–Trinajstić information content (AvgIpc) is 2.06. The van der Waals surface area contributed by atoms with Gasteiger partial charge < -0.3 is 19.3 Å². The zero-order valence-electron chi connectivity index (χ0n) is 7.71. The summed E-state index contributed by atoms with van der Waals surface area (Å²) in [7, 11) is 1.31. The first-order valence-corrected chi connectivity index (χ1v) is 4.03. The van der Waals surface area contributed by atoms with Gasteiger partial charge in [-0.1, -0.05) is 13.3 Å². The molecule has 0 aliphatic rings. The summed E-state index contributed by atoms with van der Waals surface area (Å²) in [5.74, 6) is 0. The average molecular weight is 177 g/mol. The van der Waals surface area contributed by atoms with Gasteiger partial charge in [0, 0.05) is 7.11 Å². The molecule has 0 heterocycles. The molecule has 0 spiro atoms. The Labute approximate surface area is 73.4 Å². The zero-order chi connectivity index (χ0) is 9.45. The van der Waals surface area contributed by atoms with Crippen molar-refractivity contribution >= 4 is 0 Å². The molecule has 0 amide bonds. The highest BCUT2D eigenvalue weighted by Crippen LogP contribution is 2.10. The molecular formula is C8H17O4. The van der Waals surface area contributed by atoms with E-state index >= 15 is 0 Å². The number of ether oxygens (including phenoxy) is 3. The highest BCUT2D eigenvalue weighted by molar-refractivity contribution is 4.40. The van der Waals surface area contributed by atoms with Gasteiger partial charge in [0.2, 0.25) is 0 Å². The van der Waals surface area contributed by atoms with Gasteiger partial charge in [-0.2, -0.15) is 0 Å². The SMILES string of the molecule is [CH2]COC(O)(OC)OCCCC. The summed E-state index contributed by atoms with van der Waals surface area (Å²) < 4.78 is 14.3. The Hall–Kier alpha value is -0.160.